The number of rotatable bonds is 3. The lowest BCUT2D eigenvalue weighted by Gasteiger charge is -2.47. The molecule has 32 heavy (non-hydrogen) atoms. The second-order valence-electron chi connectivity index (χ2n) is 10.6. The van der Waals surface area contributed by atoms with E-state index >= 15 is 0 Å². The minimum atomic E-state index is -0.553. The summed E-state index contributed by atoms with van der Waals surface area (Å²) in [5, 5.41) is 12.6. The van der Waals surface area contributed by atoms with Gasteiger partial charge in [0.2, 0.25) is 0 Å². The molecule has 0 saturated carbocycles. The van der Waals surface area contributed by atoms with E-state index in [1.807, 2.05) is 53.1 Å². The Kier molecular flexibility index (Phi) is 6.60. The van der Waals surface area contributed by atoms with Gasteiger partial charge in [0.25, 0.3) is 0 Å². The molecule has 176 valence electrons. The second-order valence-corrected chi connectivity index (χ2v) is 10.6. The average Bonchev–Trinajstić information content (AvgIpc) is 3.14. The largest absolute Gasteiger partial charge is 0.444 e. The van der Waals surface area contributed by atoms with Gasteiger partial charge >= 0.3 is 6.09 Å². The molecule has 2 heterocycles. The van der Waals surface area contributed by atoms with Crippen LogP contribution in [-0.4, -0.2) is 66.9 Å². The van der Waals surface area contributed by atoms with Crippen LogP contribution in [-0.2, 0) is 10.3 Å². The quantitative estimate of drug-likeness (QED) is 0.710. The van der Waals surface area contributed by atoms with Gasteiger partial charge in [0.15, 0.2) is 5.82 Å². The highest BCUT2D eigenvalue weighted by Gasteiger charge is 2.40. The zero-order chi connectivity index (χ0) is 23.8. The molecule has 0 spiro atoms. The highest BCUT2D eigenvalue weighted by Crippen LogP contribution is 2.34. The molecule has 0 N–H and O–H groups in total. The molecule has 1 unspecified atom stereocenters. The normalized spacial score (nSPS) is 21.5. The summed E-state index contributed by atoms with van der Waals surface area (Å²) >= 11 is 0. The van der Waals surface area contributed by atoms with Crippen molar-refractivity contribution in [2.24, 2.45) is 0 Å². The number of halogens is 1. The fourth-order valence-electron chi connectivity index (χ4n) is 4.06. The smallest absolute Gasteiger partial charge is 0.410 e. The molecule has 2 aromatic rings. The first kappa shape index (κ1) is 24.1. The Morgan fingerprint density at radius 1 is 1.06 bits per heavy atom. The molecule has 0 bridgehead atoms. The topological polar surface area (TPSA) is 76.4 Å². The third-order valence-corrected chi connectivity index (χ3v) is 5.55. The Balaban J connectivity index is 1.97. The Bertz CT molecular complexity index is 931. The molecule has 1 aliphatic rings. The second kappa shape index (κ2) is 8.77. The van der Waals surface area contributed by atoms with E-state index in [4.69, 9.17) is 4.74 Å². The van der Waals surface area contributed by atoms with Crippen molar-refractivity contribution < 1.29 is 13.9 Å². The van der Waals surface area contributed by atoms with Crippen molar-refractivity contribution in [2.45, 2.75) is 84.7 Å². The fourth-order valence-corrected chi connectivity index (χ4v) is 4.06. The number of benzene rings is 1. The number of ether oxygens (including phenoxy) is 1. The molecule has 1 aromatic carbocycles. The monoisotopic (exact) mass is 446 g/mol. The van der Waals surface area contributed by atoms with Gasteiger partial charge in [0, 0.05) is 25.2 Å². The van der Waals surface area contributed by atoms with Crippen LogP contribution in [0.4, 0.5) is 9.18 Å². The lowest BCUT2D eigenvalue weighted by atomic mass is 9.98. The molecule has 1 amide bonds. The van der Waals surface area contributed by atoms with Gasteiger partial charge in [-0.1, -0.05) is 12.1 Å². The molecule has 0 radical (unpaired) electrons. The number of hydrogen-bond acceptors (Lipinski definition) is 6. The van der Waals surface area contributed by atoms with E-state index in [1.165, 1.54) is 12.1 Å². The zero-order valence-corrected chi connectivity index (χ0v) is 20.3. The van der Waals surface area contributed by atoms with E-state index in [9.17, 15) is 9.18 Å². The average molecular weight is 447 g/mol. The standard InChI is InChI=1S/C23H35FN6O2/c1-15-14-29(21(31)32-23(6,7)8)16(2)13-28(15)19(17-9-11-18(24)12-10-17)20-25-26-27-30(20)22(3,4)5/h9-12,15-16,19H,13-14H2,1-8H3/t15-,16-,19?/m0/s1. The summed E-state index contributed by atoms with van der Waals surface area (Å²) in [6.45, 7) is 16.9. The van der Waals surface area contributed by atoms with Crippen LogP contribution >= 0.6 is 0 Å². The molecule has 3 rings (SSSR count). The van der Waals surface area contributed by atoms with Crippen LogP contribution in [0.3, 0.4) is 0 Å². The van der Waals surface area contributed by atoms with E-state index in [2.05, 4.69) is 27.3 Å². The molecule has 8 nitrogen and oxygen atoms in total. The number of hydrogen-bond donors (Lipinski definition) is 0. The Morgan fingerprint density at radius 2 is 1.69 bits per heavy atom. The number of carbonyl (C=O) groups is 1. The van der Waals surface area contributed by atoms with Crippen LogP contribution in [0.5, 0.6) is 0 Å². The Labute approximate surface area is 189 Å². The van der Waals surface area contributed by atoms with Crippen LogP contribution in [0, 0.1) is 5.82 Å². The van der Waals surface area contributed by atoms with E-state index in [1.54, 1.807) is 17.0 Å². The van der Waals surface area contributed by atoms with Gasteiger partial charge < -0.3 is 9.64 Å². The maximum Gasteiger partial charge on any atom is 0.410 e. The summed E-state index contributed by atoms with van der Waals surface area (Å²) in [5.41, 5.74) is 0.0175. The summed E-state index contributed by atoms with van der Waals surface area (Å²) < 4.78 is 21.1. The highest BCUT2D eigenvalue weighted by molar-refractivity contribution is 5.68. The van der Waals surface area contributed by atoms with Crippen molar-refractivity contribution in [3.63, 3.8) is 0 Å². The van der Waals surface area contributed by atoms with Gasteiger partial charge in [0.05, 0.1) is 11.6 Å². The first-order chi connectivity index (χ1) is 14.8. The number of aromatic nitrogens is 4. The van der Waals surface area contributed by atoms with Crippen molar-refractivity contribution in [2.75, 3.05) is 13.1 Å². The van der Waals surface area contributed by atoms with E-state index in [-0.39, 0.29) is 35.6 Å². The van der Waals surface area contributed by atoms with E-state index in [0.29, 0.717) is 18.9 Å². The first-order valence-corrected chi connectivity index (χ1v) is 11.1. The molecular weight excluding hydrogens is 411 g/mol. The SMILES string of the molecule is C[C@H]1CN(C(c2ccc(F)cc2)c2nnnn2C(C)(C)C)[C@@H](C)CN1C(=O)OC(C)(C)C. The summed E-state index contributed by atoms with van der Waals surface area (Å²) in [4.78, 5) is 16.8. The summed E-state index contributed by atoms with van der Waals surface area (Å²) in [5.74, 6) is 0.396. The summed E-state index contributed by atoms with van der Waals surface area (Å²) in [6, 6.07) is 6.10. The molecule has 1 saturated heterocycles. The van der Waals surface area contributed by atoms with Crippen LogP contribution in [0.2, 0.25) is 0 Å². The molecule has 0 aliphatic carbocycles. The highest BCUT2D eigenvalue weighted by atomic mass is 19.1. The summed E-state index contributed by atoms with van der Waals surface area (Å²) in [6.07, 6.45) is -0.311. The van der Waals surface area contributed by atoms with Crippen molar-refractivity contribution in [1.82, 2.24) is 30.0 Å². The van der Waals surface area contributed by atoms with Crippen LogP contribution < -0.4 is 0 Å². The predicted octanol–water partition coefficient (Wildman–Crippen LogP) is 3.99. The lowest BCUT2D eigenvalue weighted by Crippen LogP contribution is -2.59. The van der Waals surface area contributed by atoms with Crippen LogP contribution in [0.15, 0.2) is 24.3 Å². The van der Waals surface area contributed by atoms with Gasteiger partial charge in [-0.2, -0.15) is 0 Å². The van der Waals surface area contributed by atoms with E-state index < -0.39 is 5.60 Å². The molecule has 1 aromatic heterocycles. The predicted molar refractivity (Wildman–Crippen MR) is 120 cm³/mol. The summed E-state index contributed by atoms with van der Waals surface area (Å²) in [7, 11) is 0. The van der Waals surface area contributed by atoms with Crippen LogP contribution in [0.1, 0.15) is 72.8 Å². The van der Waals surface area contributed by atoms with Crippen molar-refractivity contribution in [3.8, 4) is 0 Å². The minimum absolute atomic E-state index is 0.00103. The molecule has 3 atom stereocenters. The zero-order valence-electron chi connectivity index (χ0n) is 20.3. The minimum Gasteiger partial charge on any atom is -0.444 e. The molecule has 1 aliphatic heterocycles. The lowest BCUT2D eigenvalue weighted by molar-refractivity contribution is -0.0177. The van der Waals surface area contributed by atoms with Crippen LogP contribution in [0.25, 0.3) is 0 Å². The maximum absolute atomic E-state index is 13.7. The number of nitrogens with zero attached hydrogens (tertiary/aromatic N) is 6. The fraction of sp³-hybridized carbons (Fsp3) is 0.652. The molecule has 1 fully saturated rings. The van der Waals surface area contributed by atoms with Crippen molar-refractivity contribution in [1.29, 1.82) is 0 Å². The Morgan fingerprint density at radius 3 is 2.25 bits per heavy atom. The van der Waals surface area contributed by atoms with Gasteiger partial charge in [-0.05, 0) is 83.5 Å². The van der Waals surface area contributed by atoms with Crippen molar-refractivity contribution in [3.05, 3.63) is 41.5 Å². The van der Waals surface area contributed by atoms with Gasteiger partial charge in [-0.25, -0.2) is 13.9 Å². The number of amides is 1. The third-order valence-electron chi connectivity index (χ3n) is 5.55. The Hall–Kier alpha value is -2.55. The maximum atomic E-state index is 13.7. The van der Waals surface area contributed by atoms with E-state index in [0.717, 1.165) is 5.56 Å². The molecule has 9 heteroatoms. The van der Waals surface area contributed by atoms with Gasteiger partial charge in [-0.15, -0.1) is 5.10 Å². The van der Waals surface area contributed by atoms with Crippen molar-refractivity contribution >= 4 is 6.09 Å². The third kappa shape index (κ3) is 5.26. The number of piperazine rings is 1. The number of tetrazole rings is 1. The van der Waals surface area contributed by atoms with Gasteiger partial charge in [-0.3, -0.25) is 4.90 Å². The van der Waals surface area contributed by atoms with Gasteiger partial charge in [0.1, 0.15) is 11.4 Å². The number of carbonyl (C=O) groups excluding carboxylic acids is 1. The molecular formula is C23H35FN6O2. The first-order valence-electron chi connectivity index (χ1n) is 11.1.